The number of benzene rings is 5. The number of nitrogens with one attached hydrogen (secondary N) is 4. The second-order valence-corrected chi connectivity index (χ2v) is 16.0. The van der Waals surface area contributed by atoms with Gasteiger partial charge in [0.25, 0.3) is 0 Å². The minimum Gasteiger partial charge on any atom is -0.496 e. The zero-order valence-corrected chi connectivity index (χ0v) is 35.3. The summed E-state index contributed by atoms with van der Waals surface area (Å²) >= 11 is 0. The van der Waals surface area contributed by atoms with E-state index < -0.39 is 0 Å². The Kier molecular flexibility index (Phi) is 10.0. The number of aryl methyl sites for hydroxylation is 2. The minimum atomic E-state index is 0.803. The predicted octanol–water partition coefficient (Wildman–Crippen LogP) is 10.1. The molecule has 4 N–H and O–H groups in total. The number of rotatable bonds is 8. The number of hydrogen-bond acceptors (Lipinski definition) is 2. The lowest BCUT2D eigenvalue weighted by molar-refractivity contribution is 0.413. The molecule has 6 heteroatoms. The summed E-state index contributed by atoms with van der Waals surface area (Å²) in [6.07, 6.45) is 6.50. The first-order valence-electron chi connectivity index (χ1n) is 21.0. The molecule has 0 saturated carbocycles. The fourth-order valence-electron chi connectivity index (χ4n) is 8.38. The van der Waals surface area contributed by atoms with E-state index >= 15 is 0 Å². The SMILES string of the molecule is COc1ccccc1C1=c2ccc([nH]2)=Cc2ccc([nH]2)C(C)=c2ccc([nH]2)=C(c2ccc(C=Cc3ccc(N(c4ccc(C)cc4)c4ccc(C)cc4)cc3)cc2)c2ccc1[nH]2. The zero-order valence-electron chi connectivity index (χ0n) is 35.3. The van der Waals surface area contributed by atoms with E-state index in [0.717, 1.165) is 106 Å². The number of methoxy groups -OCH3 is 1. The summed E-state index contributed by atoms with van der Waals surface area (Å²) in [6, 6.07) is 60.4. The molecule has 1 aliphatic rings. The lowest BCUT2D eigenvalue weighted by Crippen LogP contribution is -2.17. The number of para-hydroxylation sites is 1. The molecule has 0 fully saturated rings. The maximum atomic E-state index is 5.91. The van der Waals surface area contributed by atoms with Gasteiger partial charge in [-0.2, -0.15) is 0 Å². The number of hydrogen-bond donors (Lipinski definition) is 4. The molecule has 302 valence electrons. The number of aromatic nitrogens is 4. The van der Waals surface area contributed by atoms with Crippen molar-refractivity contribution in [2.24, 2.45) is 0 Å². The highest BCUT2D eigenvalue weighted by Crippen LogP contribution is 2.35. The Morgan fingerprint density at radius 1 is 0.452 bits per heavy atom. The monoisotopic (exact) mass is 805 g/mol. The second kappa shape index (κ2) is 16.2. The van der Waals surface area contributed by atoms with Crippen molar-refractivity contribution >= 4 is 52.0 Å². The Morgan fingerprint density at radius 2 is 1.00 bits per heavy atom. The van der Waals surface area contributed by atoms with Gasteiger partial charge in [-0.05, 0) is 140 Å². The molecule has 1 aliphatic heterocycles. The molecular weight excluding hydrogens is 759 g/mol. The Bertz CT molecular complexity index is 3290. The molecule has 8 bridgehead atoms. The van der Waals surface area contributed by atoms with Gasteiger partial charge in [0.05, 0.1) is 7.11 Å². The summed E-state index contributed by atoms with van der Waals surface area (Å²) in [7, 11) is 1.72. The molecule has 9 aromatic rings. The fraction of sp³-hybridized carbons (Fsp3) is 0.0714. The quantitative estimate of drug-likeness (QED) is 0.116. The number of nitrogens with zero attached hydrogens (tertiary/aromatic N) is 1. The smallest absolute Gasteiger partial charge is 0.126 e. The van der Waals surface area contributed by atoms with Crippen molar-refractivity contribution in [2.75, 3.05) is 12.0 Å². The Morgan fingerprint density at radius 3 is 1.66 bits per heavy atom. The van der Waals surface area contributed by atoms with Crippen LogP contribution in [0.1, 0.15) is 63.1 Å². The van der Waals surface area contributed by atoms with Gasteiger partial charge < -0.3 is 29.6 Å². The first kappa shape index (κ1) is 38.3. The molecule has 0 amide bonds. The molecular formula is C56H47N5O. The van der Waals surface area contributed by atoms with Crippen LogP contribution in [0.2, 0.25) is 0 Å². The van der Waals surface area contributed by atoms with Crippen LogP contribution >= 0.6 is 0 Å². The van der Waals surface area contributed by atoms with Crippen molar-refractivity contribution in [2.45, 2.75) is 20.8 Å². The average molecular weight is 806 g/mol. The normalized spacial score (nSPS) is 12.5. The van der Waals surface area contributed by atoms with E-state index in [9.17, 15) is 0 Å². The van der Waals surface area contributed by atoms with Crippen molar-refractivity contribution < 1.29 is 4.74 Å². The third-order valence-electron chi connectivity index (χ3n) is 11.8. The third-order valence-corrected chi connectivity index (χ3v) is 11.8. The van der Waals surface area contributed by atoms with E-state index in [2.05, 4.69) is 222 Å². The van der Waals surface area contributed by atoms with Crippen molar-refractivity contribution in [1.29, 1.82) is 0 Å². The molecule has 0 spiro atoms. The van der Waals surface area contributed by atoms with Crippen LogP contribution in [0.5, 0.6) is 5.75 Å². The summed E-state index contributed by atoms with van der Waals surface area (Å²) in [6.45, 7) is 6.40. The molecule has 10 rings (SSSR count). The second-order valence-electron chi connectivity index (χ2n) is 16.0. The van der Waals surface area contributed by atoms with Gasteiger partial charge in [-0.3, -0.25) is 0 Å². The van der Waals surface area contributed by atoms with Crippen molar-refractivity contribution in [3.8, 4) is 5.75 Å². The largest absolute Gasteiger partial charge is 0.496 e. The molecule has 4 aromatic heterocycles. The van der Waals surface area contributed by atoms with E-state index in [4.69, 9.17) is 4.74 Å². The van der Waals surface area contributed by atoms with Gasteiger partial charge in [0.2, 0.25) is 0 Å². The van der Waals surface area contributed by atoms with Crippen molar-refractivity contribution in [1.82, 2.24) is 19.9 Å². The Labute approximate surface area is 361 Å². The fourth-order valence-corrected chi connectivity index (χ4v) is 8.38. The van der Waals surface area contributed by atoms with Gasteiger partial charge in [0, 0.05) is 77.9 Å². The average Bonchev–Trinajstić information content (AvgIpc) is 4.15. The topological polar surface area (TPSA) is 75.6 Å². The zero-order chi connectivity index (χ0) is 42.2. The first-order chi connectivity index (χ1) is 30.4. The summed E-state index contributed by atoms with van der Waals surface area (Å²) in [5, 5.41) is 4.06. The number of anilines is 3. The Balaban J connectivity index is 1.02. The molecule has 5 heterocycles. The van der Waals surface area contributed by atoms with E-state index in [0.29, 0.717) is 0 Å². The molecule has 0 radical (unpaired) electrons. The van der Waals surface area contributed by atoms with Gasteiger partial charge in [-0.15, -0.1) is 0 Å². The number of H-pyrrole nitrogens is 4. The first-order valence-corrected chi connectivity index (χ1v) is 21.0. The number of fused-ring (bicyclic) bond motifs is 8. The van der Waals surface area contributed by atoms with Gasteiger partial charge >= 0.3 is 0 Å². The van der Waals surface area contributed by atoms with Gasteiger partial charge in [0.15, 0.2) is 0 Å². The summed E-state index contributed by atoms with van der Waals surface area (Å²) in [5.74, 6) is 0.803. The van der Waals surface area contributed by atoms with Crippen LogP contribution in [0.25, 0.3) is 34.9 Å². The summed E-state index contributed by atoms with van der Waals surface area (Å²) < 4.78 is 5.91. The van der Waals surface area contributed by atoms with Crippen LogP contribution < -0.4 is 31.0 Å². The Hall–Kier alpha value is -7.96. The molecule has 0 aliphatic carbocycles. The summed E-state index contributed by atoms with van der Waals surface area (Å²) in [5.41, 5.74) is 17.5. The summed E-state index contributed by atoms with van der Waals surface area (Å²) in [4.78, 5) is 17.2. The third kappa shape index (κ3) is 7.55. The molecule has 0 atom stereocenters. The highest BCUT2D eigenvalue weighted by Gasteiger charge is 2.18. The highest BCUT2D eigenvalue weighted by atomic mass is 16.5. The van der Waals surface area contributed by atoms with Gasteiger partial charge in [-0.25, -0.2) is 0 Å². The van der Waals surface area contributed by atoms with Crippen LogP contribution in [0.3, 0.4) is 0 Å². The van der Waals surface area contributed by atoms with E-state index in [1.165, 1.54) is 11.1 Å². The van der Waals surface area contributed by atoms with Crippen LogP contribution in [0, 0.1) is 13.8 Å². The van der Waals surface area contributed by atoms with E-state index in [1.54, 1.807) is 7.11 Å². The van der Waals surface area contributed by atoms with Crippen LogP contribution in [0.4, 0.5) is 17.1 Å². The molecule has 0 unspecified atom stereocenters. The van der Waals surface area contributed by atoms with Crippen LogP contribution in [0.15, 0.2) is 170 Å². The van der Waals surface area contributed by atoms with E-state index in [-0.39, 0.29) is 0 Å². The van der Waals surface area contributed by atoms with Gasteiger partial charge in [0.1, 0.15) is 5.75 Å². The van der Waals surface area contributed by atoms with Crippen LogP contribution in [-0.2, 0) is 0 Å². The van der Waals surface area contributed by atoms with E-state index in [1.807, 2.05) is 12.1 Å². The lowest BCUT2D eigenvalue weighted by Gasteiger charge is -2.25. The lowest BCUT2D eigenvalue weighted by atomic mass is 10.0. The van der Waals surface area contributed by atoms with Crippen molar-refractivity contribution in [3.63, 3.8) is 0 Å². The highest BCUT2D eigenvalue weighted by molar-refractivity contribution is 5.85. The molecule has 5 aromatic carbocycles. The minimum absolute atomic E-state index is 0.803. The molecule has 6 nitrogen and oxygen atoms in total. The molecule has 0 saturated heterocycles. The predicted molar refractivity (Wildman–Crippen MR) is 256 cm³/mol. The van der Waals surface area contributed by atoms with Crippen LogP contribution in [-0.4, -0.2) is 27.0 Å². The maximum Gasteiger partial charge on any atom is 0.126 e. The van der Waals surface area contributed by atoms with Gasteiger partial charge in [-0.1, -0.05) is 102 Å². The maximum absolute atomic E-state index is 5.91. The molecule has 62 heavy (non-hydrogen) atoms. The number of ether oxygens (including phenoxy) is 1. The standard InChI is InChI=1S/C56H47N5O/c1-36-9-23-44(24-10-36)61(45-25-11-37(2)12-26-45)46-27-17-40(18-28-46)14-13-39-15-19-41(20-16-39)55-50-32-31-49(59-50)38(3)48-29-21-42(57-48)35-43-22-30-52(58-43)56(53-34-33-51(55)60-53)47-7-5-6-8-54(47)62-4/h5-35,57-60H,1-4H3. The number of aromatic amines is 4. The van der Waals surface area contributed by atoms with Crippen molar-refractivity contribution in [3.05, 3.63) is 247 Å².